The van der Waals surface area contributed by atoms with Crippen molar-refractivity contribution in [2.75, 3.05) is 12.4 Å². The Morgan fingerprint density at radius 1 is 1.20 bits per heavy atom. The molecular formula is C14H11ClN4O. The molecule has 0 atom stereocenters. The van der Waals surface area contributed by atoms with Crippen LogP contribution in [0.4, 0.5) is 5.69 Å². The van der Waals surface area contributed by atoms with Gasteiger partial charge < -0.3 is 5.32 Å². The molecule has 100 valence electrons. The van der Waals surface area contributed by atoms with Crippen molar-refractivity contribution in [3.63, 3.8) is 0 Å². The number of nitrogens with zero attached hydrogens (tertiary/aromatic N) is 2. The van der Waals surface area contributed by atoms with Crippen LogP contribution in [0.5, 0.6) is 0 Å². The lowest BCUT2D eigenvalue weighted by atomic mass is 10.1. The van der Waals surface area contributed by atoms with Crippen molar-refractivity contribution in [1.82, 2.24) is 15.2 Å². The van der Waals surface area contributed by atoms with Crippen LogP contribution < -0.4 is 10.9 Å². The minimum atomic E-state index is -0.218. The average Bonchev–Trinajstić information content (AvgIpc) is 2.48. The van der Waals surface area contributed by atoms with Crippen molar-refractivity contribution in [2.24, 2.45) is 0 Å². The maximum Gasteiger partial charge on any atom is 0.272 e. The quantitative estimate of drug-likeness (QED) is 0.760. The molecule has 0 aliphatic heterocycles. The Labute approximate surface area is 119 Å². The molecule has 0 fully saturated rings. The van der Waals surface area contributed by atoms with Gasteiger partial charge >= 0.3 is 0 Å². The lowest BCUT2D eigenvalue weighted by Gasteiger charge is -2.09. The second kappa shape index (κ2) is 4.94. The maximum atomic E-state index is 11.8. The molecule has 0 aliphatic rings. The van der Waals surface area contributed by atoms with Gasteiger partial charge in [-0.05, 0) is 12.1 Å². The lowest BCUT2D eigenvalue weighted by molar-refractivity contribution is 1.01. The van der Waals surface area contributed by atoms with Gasteiger partial charge in [0.2, 0.25) is 0 Å². The molecule has 0 radical (unpaired) electrons. The van der Waals surface area contributed by atoms with Gasteiger partial charge in [0.25, 0.3) is 5.56 Å². The van der Waals surface area contributed by atoms with E-state index in [0.717, 1.165) is 11.1 Å². The largest absolute Gasteiger partial charge is 0.386 e. The highest BCUT2D eigenvalue weighted by molar-refractivity contribution is 6.30. The molecule has 0 bridgehead atoms. The van der Waals surface area contributed by atoms with Crippen LogP contribution in [0.25, 0.3) is 22.2 Å². The van der Waals surface area contributed by atoms with Crippen LogP contribution in [0, 0.1) is 0 Å². The van der Waals surface area contributed by atoms with Gasteiger partial charge in [-0.15, -0.1) is 0 Å². The zero-order chi connectivity index (χ0) is 14.1. The predicted molar refractivity (Wildman–Crippen MR) is 80.2 cm³/mol. The fourth-order valence-electron chi connectivity index (χ4n) is 2.11. The number of aromatic nitrogens is 3. The molecule has 3 rings (SSSR count). The highest BCUT2D eigenvalue weighted by Gasteiger charge is 2.13. The summed E-state index contributed by atoms with van der Waals surface area (Å²) in [4.78, 5) is 16.1. The van der Waals surface area contributed by atoms with E-state index in [2.05, 4.69) is 20.5 Å². The fraction of sp³-hybridized carbons (Fsp3) is 0.0714. The molecule has 6 heteroatoms. The maximum absolute atomic E-state index is 11.8. The Morgan fingerprint density at radius 3 is 2.70 bits per heavy atom. The van der Waals surface area contributed by atoms with Crippen LogP contribution in [-0.4, -0.2) is 22.2 Å². The van der Waals surface area contributed by atoms with Crippen LogP contribution in [0.2, 0.25) is 5.02 Å². The molecule has 0 unspecified atom stereocenters. The molecule has 0 saturated carbocycles. The second-order valence-corrected chi connectivity index (χ2v) is 4.68. The minimum Gasteiger partial charge on any atom is -0.386 e. The third-order valence-electron chi connectivity index (χ3n) is 3.04. The van der Waals surface area contributed by atoms with Crippen LogP contribution in [0.15, 0.2) is 41.3 Å². The number of anilines is 1. The summed E-state index contributed by atoms with van der Waals surface area (Å²) >= 11 is 5.95. The fourth-order valence-corrected chi connectivity index (χ4v) is 2.27. The molecule has 2 heterocycles. The zero-order valence-corrected chi connectivity index (χ0v) is 11.4. The SMILES string of the molecule is CNc1cc(Cl)cnc1-c1n[nH]c(=O)c2ccccc12. The van der Waals surface area contributed by atoms with Crippen LogP contribution >= 0.6 is 11.6 Å². The summed E-state index contributed by atoms with van der Waals surface area (Å²) in [5, 5.41) is 11.5. The van der Waals surface area contributed by atoms with Crippen molar-refractivity contribution in [3.05, 3.63) is 51.9 Å². The molecule has 0 saturated heterocycles. The Hall–Kier alpha value is -2.40. The van der Waals surface area contributed by atoms with Gasteiger partial charge in [0, 0.05) is 18.6 Å². The van der Waals surface area contributed by atoms with E-state index in [1.807, 2.05) is 18.2 Å². The summed E-state index contributed by atoms with van der Waals surface area (Å²) in [6.07, 6.45) is 1.55. The lowest BCUT2D eigenvalue weighted by Crippen LogP contribution is -2.10. The average molecular weight is 287 g/mol. The zero-order valence-electron chi connectivity index (χ0n) is 10.6. The summed E-state index contributed by atoms with van der Waals surface area (Å²) in [6, 6.07) is 9.06. The van der Waals surface area contributed by atoms with E-state index >= 15 is 0 Å². The Bertz CT molecular complexity index is 844. The third kappa shape index (κ3) is 2.02. The number of H-pyrrole nitrogens is 1. The van der Waals surface area contributed by atoms with Crippen molar-refractivity contribution in [2.45, 2.75) is 0 Å². The first kappa shape index (κ1) is 12.6. The van der Waals surface area contributed by atoms with Crippen molar-refractivity contribution >= 4 is 28.1 Å². The number of nitrogens with one attached hydrogen (secondary N) is 2. The summed E-state index contributed by atoms with van der Waals surface area (Å²) in [5.74, 6) is 0. The van der Waals surface area contributed by atoms with E-state index in [1.165, 1.54) is 0 Å². The molecule has 2 aromatic heterocycles. The van der Waals surface area contributed by atoms with E-state index < -0.39 is 0 Å². The van der Waals surface area contributed by atoms with E-state index in [9.17, 15) is 4.79 Å². The van der Waals surface area contributed by atoms with Crippen molar-refractivity contribution < 1.29 is 0 Å². The van der Waals surface area contributed by atoms with Gasteiger partial charge in [0.05, 0.1) is 16.1 Å². The number of rotatable bonds is 2. The highest BCUT2D eigenvalue weighted by Crippen LogP contribution is 2.29. The van der Waals surface area contributed by atoms with Gasteiger partial charge in [-0.1, -0.05) is 29.8 Å². The number of aromatic amines is 1. The summed E-state index contributed by atoms with van der Waals surface area (Å²) in [6.45, 7) is 0. The number of hydrogen-bond acceptors (Lipinski definition) is 4. The van der Waals surface area contributed by atoms with Gasteiger partial charge in [-0.25, -0.2) is 5.10 Å². The normalized spacial score (nSPS) is 10.7. The molecule has 0 spiro atoms. The summed E-state index contributed by atoms with van der Waals surface area (Å²) in [7, 11) is 1.78. The first-order valence-corrected chi connectivity index (χ1v) is 6.39. The molecule has 0 aliphatic carbocycles. The standard InChI is InChI=1S/C14H11ClN4O/c1-16-11-6-8(15)7-17-13(11)12-9-4-2-3-5-10(9)14(20)19-18-12/h2-7,16H,1H3,(H,19,20). The first-order valence-electron chi connectivity index (χ1n) is 6.02. The monoisotopic (exact) mass is 286 g/mol. The van der Waals surface area contributed by atoms with Crippen LogP contribution in [0.1, 0.15) is 0 Å². The molecule has 0 amide bonds. The van der Waals surface area contributed by atoms with E-state index in [4.69, 9.17) is 11.6 Å². The molecular weight excluding hydrogens is 276 g/mol. The topological polar surface area (TPSA) is 70.7 Å². The second-order valence-electron chi connectivity index (χ2n) is 4.25. The number of hydrogen-bond donors (Lipinski definition) is 2. The third-order valence-corrected chi connectivity index (χ3v) is 3.25. The van der Waals surface area contributed by atoms with Gasteiger partial charge in [0.1, 0.15) is 11.4 Å². The van der Waals surface area contributed by atoms with Crippen molar-refractivity contribution in [1.29, 1.82) is 0 Å². The van der Waals surface area contributed by atoms with Gasteiger partial charge in [-0.3, -0.25) is 9.78 Å². The molecule has 5 nitrogen and oxygen atoms in total. The first-order chi connectivity index (χ1) is 9.70. The number of pyridine rings is 1. The van der Waals surface area contributed by atoms with Crippen LogP contribution in [-0.2, 0) is 0 Å². The Morgan fingerprint density at radius 2 is 1.95 bits per heavy atom. The summed E-state index contributed by atoms with van der Waals surface area (Å²) < 4.78 is 0. The van der Waals surface area contributed by atoms with Crippen molar-refractivity contribution in [3.8, 4) is 11.4 Å². The van der Waals surface area contributed by atoms with Gasteiger partial charge in [-0.2, -0.15) is 5.10 Å². The van der Waals surface area contributed by atoms with E-state index in [1.54, 1.807) is 25.4 Å². The highest BCUT2D eigenvalue weighted by atomic mass is 35.5. The van der Waals surface area contributed by atoms with E-state index in [0.29, 0.717) is 21.8 Å². The predicted octanol–water partition coefficient (Wildman–Crippen LogP) is 2.68. The summed E-state index contributed by atoms with van der Waals surface area (Å²) in [5.41, 5.74) is 1.79. The Kier molecular flexibility index (Phi) is 3.12. The molecule has 3 aromatic rings. The number of halogens is 1. The molecule has 2 N–H and O–H groups in total. The Balaban J connectivity index is 2.36. The van der Waals surface area contributed by atoms with Crippen LogP contribution in [0.3, 0.4) is 0 Å². The number of fused-ring (bicyclic) bond motifs is 1. The number of benzene rings is 1. The smallest absolute Gasteiger partial charge is 0.272 e. The molecule has 1 aromatic carbocycles. The molecule has 20 heavy (non-hydrogen) atoms. The van der Waals surface area contributed by atoms with E-state index in [-0.39, 0.29) is 5.56 Å². The minimum absolute atomic E-state index is 0.218. The van der Waals surface area contributed by atoms with Gasteiger partial charge in [0.15, 0.2) is 0 Å².